The highest BCUT2D eigenvalue weighted by Crippen LogP contribution is 2.43. The van der Waals surface area contributed by atoms with Crippen LogP contribution in [0.1, 0.15) is 13.8 Å². The van der Waals surface area contributed by atoms with Crippen molar-refractivity contribution < 1.29 is 28.5 Å². The van der Waals surface area contributed by atoms with Gasteiger partial charge in [-0.3, -0.25) is 0 Å². The van der Waals surface area contributed by atoms with Gasteiger partial charge in [0.2, 0.25) is 0 Å². The third-order valence-corrected chi connectivity index (χ3v) is 5.33. The average Bonchev–Trinajstić information content (AvgIpc) is 2.86. The molecule has 4 aromatic carbocycles. The second-order valence-electron chi connectivity index (χ2n) is 7.51. The van der Waals surface area contributed by atoms with Gasteiger partial charge in [0.25, 0.3) is 0 Å². The monoisotopic (exact) mass is 458 g/mol. The van der Waals surface area contributed by atoms with Gasteiger partial charge in [-0.2, -0.15) is 0 Å². The molecule has 4 aromatic rings. The summed E-state index contributed by atoms with van der Waals surface area (Å²) >= 11 is 0. The summed E-state index contributed by atoms with van der Waals surface area (Å²) in [5.41, 5.74) is 1.49. The molecule has 0 aliphatic heterocycles. The Bertz CT molecular complexity index is 1220. The van der Waals surface area contributed by atoms with Gasteiger partial charge in [0.1, 0.15) is 11.5 Å². The molecule has 0 aromatic heterocycles. The third kappa shape index (κ3) is 4.96. The first-order valence-corrected chi connectivity index (χ1v) is 11.2. The number of hydrogen-bond acceptors (Lipinski definition) is 6. The zero-order valence-electron chi connectivity index (χ0n) is 19.2. The number of fused-ring (bicyclic) bond motifs is 2. The van der Waals surface area contributed by atoms with Gasteiger partial charge in [-0.05, 0) is 36.8 Å². The predicted molar refractivity (Wildman–Crippen MR) is 131 cm³/mol. The first-order chi connectivity index (χ1) is 16.6. The molecule has 6 heteroatoms. The van der Waals surface area contributed by atoms with Crippen molar-refractivity contribution in [2.75, 3.05) is 26.4 Å². The Morgan fingerprint density at radius 2 is 1.00 bits per heavy atom. The Morgan fingerprint density at radius 1 is 0.588 bits per heavy atom. The van der Waals surface area contributed by atoms with Crippen molar-refractivity contribution in [2.24, 2.45) is 0 Å². The summed E-state index contributed by atoms with van der Waals surface area (Å²) in [5, 5.41) is 3.65. The van der Waals surface area contributed by atoms with Gasteiger partial charge >= 0.3 is 11.9 Å². The summed E-state index contributed by atoms with van der Waals surface area (Å²) in [6.45, 7) is 3.62. The molecule has 0 atom stereocenters. The number of benzene rings is 4. The fourth-order valence-corrected chi connectivity index (χ4v) is 3.89. The Hall–Kier alpha value is -4.06. The lowest BCUT2D eigenvalue weighted by Gasteiger charge is -2.18. The molecule has 4 rings (SSSR count). The second-order valence-corrected chi connectivity index (χ2v) is 7.51. The van der Waals surface area contributed by atoms with Crippen molar-refractivity contribution >= 4 is 33.5 Å². The zero-order valence-corrected chi connectivity index (χ0v) is 19.2. The molecule has 0 unspecified atom stereocenters. The van der Waals surface area contributed by atoms with E-state index in [0.29, 0.717) is 11.5 Å². The number of rotatable bonds is 9. The smallest absolute Gasteiger partial charge is 0.344 e. The zero-order chi connectivity index (χ0) is 23.9. The van der Waals surface area contributed by atoms with Crippen LogP contribution in [0.2, 0.25) is 0 Å². The van der Waals surface area contributed by atoms with E-state index in [0.717, 1.165) is 32.7 Å². The molecule has 0 saturated carbocycles. The van der Waals surface area contributed by atoms with Gasteiger partial charge in [0.15, 0.2) is 13.2 Å². The van der Waals surface area contributed by atoms with Gasteiger partial charge in [-0.15, -0.1) is 0 Å². The summed E-state index contributed by atoms with van der Waals surface area (Å²) in [6, 6.07) is 23.4. The molecular formula is C28H26O6. The van der Waals surface area contributed by atoms with Gasteiger partial charge in [-0.1, -0.05) is 60.7 Å². The lowest BCUT2D eigenvalue weighted by atomic mass is 9.96. The maximum Gasteiger partial charge on any atom is 0.344 e. The molecule has 0 fully saturated rings. The van der Waals surface area contributed by atoms with Crippen molar-refractivity contribution in [3.05, 3.63) is 72.8 Å². The molecule has 0 heterocycles. The fraction of sp³-hybridized carbons (Fsp3) is 0.214. The minimum Gasteiger partial charge on any atom is -0.481 e. The van der Waals surface area contributed by atoms with Crippen LogP contribution in [0, 0.1) is 0 Å². The van der Waals surface area contributed by atoms with Crippen LogP contribution in [0.15, 0.2) is 72.8 Å². The average molecular weight is 459 g/mol. The SMILES string of the molecule is CCOC(=O)COc1c(-c2ccc3ccccc3c2OCC(=O)OCC)ccc2ccccc12. The molecule has 0 aliphatic rings. The van der Waals surface area contributed by atoms with E-state index in [2.05, 4.69) is 0 Å². The van der Waals surface area contributed by atoms with Crippen LogP contribution in [0.5, 0.6) is 11.5 Å². The van der Waals surface area contributed by atoms with Crippen molar-refractivity contribution in [2.45, 2.75) is 13.8 Å². The van der Waals surface area contributed by atoms with E-state index >= 15 is 0 Å². The number of carbonyl (C=O) groups is 2. The van der Waals surface area contributed by atoms with Crippen LogP contribution in [-0.2, 0) is 19.1 Å². The van der Waals surface area contributed by atoms with Gasteiger partial charge in [-0.25, -0.2) is 9.59 Å². The normalized spacial score (nSPS) is 10.8. The largest absolute Gasteiger partial charge is 0.481 e. The first kappa shape index (κ1) is 23.1. The van der Waals surface area contributed by atoms with Crippen molar-refractivity contribution in [3.8, 4) is 22.6 Å². The topological polar surface area (TPSA) is 71.1 Å². The minimum atomic E-state index is -0.446. The number of hydrogen-bond donors (Lipinski definition) is 0. The van der Waals surface area contributed by atoms with Gasteiger partial charge < -0.3 is 18.9 Å². The predicted octanol–water partition coefficient (Wildman–Crippen LogP) is 5.54. The Kier molecular flexibility index (Phi) is 7.28. The van der Waals surface area contributed by atoms with E-state index in [9.17, 15) is 9.59 Å². The van der Waals surface area contributed by atoms with Crippen molar-refractivity contribution in [3.63, 3.8) is 0 Å². The molecule has 0 amide bonds. The summed E-state index contributed by atoms with van der Waals surface area (Å²) in [4.78, 5) is 24.1. The summed E-state index contributed by atoms with van der Waals surface area (Å²) in [5.74, 6) is 0.196. The second kappa shape index (κ2) is 10.7. The van der Waals surface area contributed by atoms with Crippen molar-refractivity contribution in [1.82, 2.24) is 0 Å². The van der Waals surface area contributed by atoms with E-state index in [1.807, 2.05) is 72.8 Å². The quantitative estimate of drug-likeness (QED) is 0.307. The fourth-order valence-electron chi connectivity index (χ4n) is 3.89. The van der Waals surface area contributed by atoms with E-state index < -0.39 is 11.9 Å². The summed E-state index contributed by atoms with van der Waals surface area (Å²) in [7, 11) is 0. The molecule has 0 N–H and O–H groups in total. The molecule has 6 nitrogen and oxygen atoms in total. The van der Waals surface area contributed by atoms with Crippen LogP contribution in [0.3, 0.4) is 0 Å². The molecule has 0 aliphatic carbocycles. The Labute approximate surface area is 198 Å². The highest BCUT2D eigenvalue weighted by molar-refractivity contribution is 6.01. The lowest BCUT2D eigenvalue weighted by Crippen LogP contribution is -2.16. The summed E-state index contributed by atoms with van der Waals surface area (Å²) < 4.78 is 22.2. The number of ether oxygens (including phenoxy) is 4. The van der Waals surface area contributed by atoms with Crippen molar-refractivity contribution in [1.29, 1.82) is 0 Å². The summed E-state index contributed by atoms with van der Waals surface area (Å²) in [6.07, 6.45) is 0. The van der Waals surface area contributed by atoms with E-state index in [1.54, 1.807) is 13.8 Å². The minimum absolute atomic E-state index is 0.221. The number of esters is 2. The van der Waals surface area contributed by atoms with E-state index in [1.165, 1.54) is 0 Å². The molecule has 0 spiro atoms. The molecule has 174 valence electrons. The van der Waals surface area contributed by atoms with Crippen LogP contribution in [-0.4, -0.2) is 38.4 Å². The van der Waals surface area contributed by atoms with Crippen LogP contribution in [0.4, 0.5) is 0 Å². The maximum atomic E-state index is 12.1. The highest BCUT2D eigenvalue weighted by Gasteiger charge is 2.19. The molecule has 0 saturated heterocycles. The van der Waals surface area contributed by atoms with Crippen LogP contribution in [0.25, 0.3) is 32.7 Å². The first-order valence-electron chi connectivity index (χ1n) is 11.2. The number of carbonyl (C=O) groups excluding carboxylic acids is 2. The van der Waals surface area contributed by atoms with Gasteiger partial charge in [0.05, 0.1) is 13.2 Å². The Balaban J connectivity index is 1.86. The molecule has 0 bridgehead atoms. The van der Waals surface area contributed by atoms with Gasteiger partial charge in [0, 0.05) is 21.9 Å². The highest BCUT2D eigenvalue weighted by atomic mass is 16.6. The Morgan fingerprint density at radius 3 is 1.41 bits per heavy atom. The standard InChI is InChI=1S/C28H26O6/c1-3-31-25(29)17-33-27-21-11-7-5-9-19(21)13-15-23(27)24-16-14-20-10-6-8-12-22(20)28(24)34-18-26(30)32-4-2/h5-16H,3-4,17-18H2,1-2H3. The van der Waals surface area contributed by atoms with E-state index in [-0.39, 0.29) is 26.4 Å². The van der Waals surface area contributed by atoms with Crippen LogP contribution < -0.4 is 9.47 Å². The van der Waals surface area contributed by atoms with E-state index in [4.69, 9.17) is 18.9 Å². The molecular weight excluding hydrogens is 432 g/mol. The molecule has 0 radical (unpaired) electrons. The lowest BCUT2D eigenvalue weighted by molar-refractivity contribution is -0.146. The third-order valence-electron chi connectivity index (χ3n) is 5.33. The maximum absolute atomic E-state index is 12.1. The molecule has 34 heavy (non-hydrogen) atoms. The van der Waals surface area contributed by atoms with Crippen LogP contribution >= 0.6 is 0 Å².